The predicted octanol–water partition coefficient (Wildman–Crippen LogP) is 1.34. The number of pyridine rings is 1. The minimum Gasteiger partial charge on any atom is -0.392 e. The van der Waals surface area contributed by atoms with Crippen LogP contribution < -0.4 is 0 Å². The molecule has 0 radical (unpaired) electrons. The van der Waals surface area contributed by atoms with Gasteiger partial charge in [-0.15, -0.1) is 0 Å². The number of aliphatic hydroxyl groups is 1. The molecule has 0 atom stereocenters. The number of rotatable bonds is 2. The first-order chi connectivity index (χ1) is 7.31. The van der Waals surface area contributed by atoms with Crippen molar-refractivity contribution in [2.45, 2.75) is 13.5 Å². The smallest absolute Gasteiger partial charge is 0.159 e. The molecule has 0 aliphatic rings. The highest BCUT2D eigenvalue weighted by Gasteiger charge is 2.03. The summed E-state index contributed by atoms with van der Waals surface area (Å²) in [6.07, 6.45) is 6.74. The van der Waals surface area contributed by atoms with Gasteiger partial charge in [-0.05, 0) is 18.6 Å². The zero-order chi connectivity index (χ0) is 10.7. The minimum absolute atomic E-state index is 0.0321. The van der Waals surface area contributed by atoms with E-state index in [4.69, 9.17) is 5.11 Å². The van der Waals surface area contributed by atoms with Crippen LogP contribution in [0, 0.1) is 6.92 Å². The number of aryl methyl sites for hydroxylation is 1. The van der Waals surface area contributed by atoms with Gasteiger partial charge in [0.25, 0.3) is 0 Å². The molecule has 0 unspecified atom stereocenters. The van der Waals surface area contributed by atoms with Gasteiger partial charge in [-0.2, -0.15) is 0 Å². The summed E-state index contributed by atoms with van der Waals surface area (Å²) < 4.78 is 0. The zero-order valence-corrected chi connectivity index (χ0v) is 8.38. The van der Waals surface area contributed by atoms with Crippen LogP contribution in [-0.4, -0.2) is 20.1 Å². The van der Waals surface area contributed by atoms with Crippen LogP contribution in [0.2, 0.25) is 0 Å². The van der Waals surface area contributed by atoms with Gasteiger partial charge in [-0.3, -0.25) is 4.98 Å². The Morgan fingerprint density at radius 3 is 2.53 bits per heavy atom. The molecule has 0 aliphatic carbocycles. The van der Waals surface area contributed by atoms with Crippen molar-refractivity contribution in [3.05, 3.63) is 42.0 Å². The lowest BCUT2D eigenvalue weighted by atomic mass is 10.1. The zero-order valence-electron chi connectivity index (χ0n) is 8.38. The molecule has 0 saturated heterocycles. The van der Waals surface area contributed by atoms with Crippen LogP contribution >= 0.6 is 0 Å². The number of aliphatic hydroxyl groups excluding tert-OH is 1. The molecule has 2 aromatic heterocycles. The van der Waals surface area contributed by atoms with Crippen molar-refractivity contribution in [1.29, 1.82) is 0 Å². The minimum atomic E-state index is -0.0321. The van der Waals surface area contributed by atoms with Crippen molar-refractivity contribution < 1.29 is 5.11 Å². The predicted molar refractivity (Wildman–Crippen MR) is 55.9 cm³/mol. The molecular weight excluding hydrogens is 190 g/mol. The first-order valence-electron chi connectivity index (χ1n) is 4.64. The maximum atomic E-state index is 8.86. The van der Waals surface area contributed by atoms with Gasteiger partial charge in [0, 0.05) is 35.9 Å². The molecule has 0 spiro atoms. The van der Waals surface area contributed by atoms with Crippen molar-refractivity contribution >= 4 is 0 Å². The number of nitrogens with zero attached hydrogens (tertiary/aromatic N) is 3. The van der Waals surface area contributed by atoms with Crippen LogP contribution in [0.1, 0.15) is 11.1 Å². The Kier molecular flexibility index (Phi) is 2.69. The lowest BCUT2D eigenvalue weighted by Crippen LogP contribution is -1.94. The fraction of sp³-hybridized carbons (Fsp3) is 0.182. The van der Waals surface area contributed by atoms with E-state index in [0.717, 1.165) is 11.1 Å². The molecule has 4 heteroatoms. The molecule has 15 heavy (non-hydrogen) atoms. The Bertz CT molecular complexity index is 454. The van der Waals surface area contributed by atoms with E-state index >= 15 is 0 Å². The third-order valence-electron chi connectivity index (χ3n) is 2.15. The second-order valence-electron chi connectivity index (χ2n) is 3.26. The highest BCUT2D eigenvalue weighted by Crippen LogP contribution is 2.17. The van der Waals surface area contributed by atoms with E-state index in [9.17, 15) is 0 Å². The third kappa shape index (κ3) is 1.99. The SMILES string of the molecule is Cc1cnccc1-c1ncc(CO)cn1. The summed E-state index contributed by atoms with van der Waals surface area (Å²) in [6, 6.07) is 1.88. The lowest BCUT2D eigenvalue weighted by molar-refractivity contribution is 0.281. The van der Waals surface area contributed by atoms with Gasteiger partial charge in [0.2, 0.25) is 0 Å². The normalized spacial score (nSPS) is 10.3. The molecular formula is C11H11N3O. The fourth-order valence-electron chi connectivity index (χ4n) is 1.30. The summed E-state index contributed by atoms with van der Waals surface area (Å²) in [6.45, 7) is 1.93. The monoisotopic (exact) mass is 201 g/mol. The standard InChI is InChI=1S/C11H11N3O/c1-8-4-12-3-2-10(8)11-13-5-9(7-15)6-14-11/h2-6,15H,7H2,1H3. The molecule has 2 rings (SSSR count). The number of hydrogen-bond acceptors (Lipinski definition) is 4. The van der Waals surface area contributed by atoms with Crippen LogP contribution in [0.3, 0.4) is 0 Å². The van der Waals surface area contributed by atoms with Crippen molar-refractivity contribution in [3.63, 3.8) is 0 Å². The molecule has 0 aromatic carbocycles. The van der Waals surface area contributed by atoms with E-state index in [2.05, 4.69) is 15.0 Å². The Balaban J connectivity index is 2.42. The third-order valence-corrected chi connectivity index (χ3v) is 2.15. The Labute approximate surface area is 87.7 Å². The average molecular weight is 201 g/mol. The molecule has 0 bridgehead atoms. The molecule has 76 valence electrons. The quantitative estimate of drug-likeness (QED) is 0.796. The van der Waals surface area contributed by atoms with Gasteiger partial charge in [0.1, 0.15) is 0 Å². The fourth-order valence-corrected chi connectivity index (χ4v) is 1.30. The Morgan fingerprint density at radius 2 is 1.93 bits per heavy atom. The van der Waals surface area contributed by atoms with Gasteiger partial charge >= 0.3 is 0 Å². The molecule has 0 amide bonds. The van der Waals surface area contributed by atoms with Crippen LogP contribution in [0.5, 0.6) is 0 Å². The second kappa shape index (κ2) is 4.14. The largest absolute Gasteiger partial charge is 0.392 e. The molecule has 4 nitrogen and oxygen atoms in total. The van der Waals surface area contributed by atoms with Gasteiger partial charge in [0.15, 0.2) is 5.82 Å². The summed E-state index contributed by atoms with van der Waals surface area (Å²) in [5.74, 6) is 0.659. The maximum absolute atomic E-state index is 8.86. The maximum Gasteiger partial charge on any atom is 0.159 e. The van der Waals surface area contributed by atoms with Gasteiger partial charge in [-0.1, -0.05) is 0 Å². The van der Waals surface area contributed by atoms with Crippen LogP contribution in [0.25, 0.3) is 11.4 Å². The molecule has 2 aromatic rings. The lowest BCUT2D eigenvalue weighted by Gasteiger charge is -2.03. The summed E-state index contributed by atoms with van der Waals surface area (Å²) in [4.78, 5) is 12.4. The highest BCUT2D eigenvalue weighted by molar-refractivity contribution is 5.58. The molecule has 0 fully saturated rings. The molecule has 0 aliphatic heterocycles. The topological polar surface area (TPSA) is 58.9 Å². The first kappa shape index (κ1) is 9.73. The van der Waals surface area contributed by atoms with Crippen molar-refractivity contribution in [2.75, 3.05) is 0 Å². The van der Waals surface area contributed by atoms with E-state index in [-0.39, 0.29) is 6.61 Å². The summed E-state index contributed by atoms with van der Waals surface area (Å²) in [7, 11) is 0. The van der Waals surface area contributed by atoms with E-state index in [1.807, 2.05) is 13.0 Å². The second-order valence-corrected chi connectivity index (χ2v) is 3.26. The first-order valence-corrected chi connectivity index (χ1v) is 4.64. The van der Waals surface area contributed by atoms with E-state index in [0.29, 0.717) is 11.4 Å². The van der Waals surface area contributed by atoms with Gasteiger partial charge in [-0.25, -0.2) is 9.97 Å². The van der Waals surface area contributed by atoms with Crippen molar-refractivity contribution in [2.24, 2.45) is 0 Å². The van der Waals surface area contributed by atoms with E-state index in [1.165, 1.54) is 0 Å². The van der Waals surface area contributed by atoms with Crippen LogP contribution in [-0.2, 0) is 6.61 Å². The molecule has 0 saturated carbocycles. The number of aromatic nitrogens is 3. The molecule has 2 heterocycles. The van der Waals surface area contributed by atoms with E-state index in [1.54, 1.807) is 24.8 Å². The van der Waals surface area contributed by atoms with E-state index < -0.39 is 0 Å². The summed E-state index contributed by atoms with van der Waals surface area (Å²) in [5, 5.41) is 8.86. The summed E-state index contributed by atoms with van der Waals surface area (Å²) in [5.41, 5.74) is 2.72. The van der Waals surface area contributed by atoms with Crippen molar-refractivity contribution in [1.82, 2.24) is 15.0 Å². The average Bonchev–Trinajstić information content (AvgIpc) is 2.30. The van der Waals surface area contributed by atoms with Crippen molar-refractivity contribution in [3.8, 4) is 11.4 Å². The number of hydrogen-bond donors (Lipinski definition) is 1. The summed E-state index contributed by atoms with van der Waals surface area (Å²) >= 11 is 0. The van der Waals surface area contributed by atoms with Gasteiger partial charge in [0.05, 0.1) is 6.61 Å². The highest BCUT2D eigenvalue weighted by atomic mass is 16.3. The Morgan fingerprint density at radius 1 is 1.20 bits per heavy atom. The molecule has 1 N–H and O–H groups in total. The Hall–Kier alpha value is -1.81. The van der Waals surface area contributed by atoms with Gasteiger partial charge < -0.3 is 5.11 Å². The van der Waals surface area contributed by atoms with Crippen LogP contribution in [0.15, 0.2) is 30.9 Å². The van der Waals surface area contributed by atoms with Crippen LogP contribution in [0.4, 0.5) is 0 Å².